The molecule has 0 aliphatic heterocycles. The first-order valence-electron chi connectivity index (χ1n) is 2.24. The Balaban J connectivity index is 3.60. The molecule has 0 aromatic carbocycles. The Hall–Kier alpha value is 0.0149. The monoisotopic (exact) mass is 120 g/mol. The Bertz CT molecular complexity index is 126. The zero-order valence-electron chi connectivity index (χ0n) is 4.64. The van der Waals surface area contributed by atoms with Gasteiger partial charge in [-0.2, -0.15) is 0 Å². The van der Waals surface area contributed by atoms with Crippen molar-refractivity contribution < 1.29 is 8.42 Å². The maximum absolute atomic E-state index is 10.2. The first-order valence-corrected chi connectivity index (χ1v) is 4.30. The Morgan fingerprint density at radius 2 is 2.00 bits per heavy atom. The van der Waals surface area contributed by atoms with Crippen molar-refractivity contribution in [2.45, 2.75) is 13.2 Å². The zero-order chi connectivity index (χ0) is 5.91. The van der Waals surface area contributed by atoms with Crippen molar-refractivity contribution in [1.82, 2.24) is 0 Å². The molecule has 0 saturated carbocycles. The van der Waals surface area contributed by atoms with E-state index in [-0.39, 0.29) is 0 Å². The number of hydrogen-bond donors (Lipinski definition) is 0. The number of rotatable bonds is 2. The van der Waals surface area contributed by atoms with Crippen LogP contribution >= 0.6 is 0 Å². The lowest BCUT2D eigenvalue weighted by atomic mass is 10.1. The molecule has 0 aliphatic rings. The fraction of sp³-hybridized carbons (Fsp3) is 1.00. The first kappa shape index (κ1) is 7.01. The predicted octanol–water partition coefficient (Wildman–Crippen LogP) is -0.179. The summed E-state index contributed by atoms with van der Waals surface area (Å²) in [6.07, 6.45) is 1.97. The maximum Gasteiger partial charge on any atom is 0.273 e. The van der Waals surface area contributed by atoms with Gasteiger partial charge in [0.15, 0.2) is 0 Å². The van der Waals surface area contributed by atoms with Crippen LogP contribution in [0.15, 0.2) is 0 Å². The van der Waals surface area contributed by atoms with Crippen LogP contribution in [0.2, 0.25) is 6.32 Å². The van der Waals surface area contributed by atoms with Crippen LogP contribution in [0.1, 0.15) is 6.92 Å². The van der Waals surface area contributed by atoms with Crippen LogP contribution in [-0.2, 0) is 9.69 Å². The summed E-state index contributed by atoms with van der Waals surface area (Å²) >= 11 is 0. The van der Waals surface area contributed by atoms with E-state index in [9.17, 15) is 8.42 Å². The lowest BCUT2D eigenvalue weighted by Crippen LogP contribution is -2.04. The second-order valence-electron chi connectivity index (χ2n) is 1.63. The summed E-state index contributed by atoms with van der Waals surface area (Å²) in [6.45, 7) is 2.16. The van der Waals surface area contributed by atoms with Gasteiger partial charge in [-0.3, -0.25) is 0 Å². The average Bonchev–Trinajstić information content (AvgIpc) is 1.30. The van der Waals surface area contributed by atoms with Gasteiger partial charge in [0, 0.05) is 6.26 Å². The van der Waals surface area contributed by atoms with Crippen molar-refractivity contribution in [1.29, 1.82) is 0 Å². The summed E-state index contributed by atoms with van der Waals surface area (Å²) in [4.78, 5) is 0. The van der Waals surface area contributed by atoms with E-state index in [0.717, 1.165) is 6.32 Å². The van der Waals surface area contributed by atoms with Gasteiger partial charge in [-0.1, -0.05) is 13.2 Å². The van der Waals surface area contributed by atoms with Gasteiger partial charge in [-0.05, 0) is 0 Å². The van der Waals surface area contributed by atoms with E-state index in [1.165, 1.54) is 6.26 Å². The summed E-state index contributed by atoms with van der Waals surface area (Å²) in [5.74, 6) is 0. The molecular weight excluding hydrogens is 111 g/mol. The lowest BCUT2D eigenvalue weighted by Gasteiger charge is -1.84. The molecule has 0 radical (unpaired) electrons. The molecule has 7 heavy (non-hydrogen) atoms. The van der Waals surface area contributed by atoms with Crippen molar-refractivity contribution in [2.75, 3.05) is 6.26 Å². The van der Waals surface area contributed by atoms with Crippen molar-refractivity contribution in [2.24, 2.45) is 0 Å². The largest absolute Gasteiger partial charge is 0.273 e. The van der Waals surface area contributed by atoms with Crippen molar-refractivity contribution in [3.63, 3.8) is 0 Å². The van der Waals surface area contributed by atoms with E-state index in [1.54, 1.807) is 0 Å². The highest BCUT2D eigenvalue weighted by Gasteiger charge is 1.99. The molecule has 0 spiro atoms. The molecule has 42 valence electrons. The van der Waals surface area contributed by atoms with Crippen LogP contribution < -0.4 is 0 Å². The molecule has 0 heterocycles. The molecule has 0 aliphatic carbocycles. The van der Waals surface area contributed by atoms with E-state index in [4.69, 9.17) is 0 Å². The molecule has 0 aromatic heterocycles. The summed E-state index contributed by atoms with van der Waals surface area (Å²) < 4.78 is 20.5. The van der Waals surface area contributed by atoms with Crippen LogP contribution in [0.25, 0.3) is 0 Å². The molecule has 0 bridgehead atoms. The van der Waals surface area contributed by atoms with Crippen LogP contribution in [0, 0.1) is 0 Å². The van der Waals surface area contributed by atoms with E-state index < -0.39 is 9.69 Å². The standard InChI is InChI=1S/C3H9BO2S/c1-3-4-7(2,5)6/h4H,3H2,1-2H3. The molecule has 0 amide bonds. The van der Waals surface area contributed by atoms with Gasteiger partial charge < -0.3 is 0 Å². The maximum atomic E-state index is 10.2. The molecular formula is C3H9BO2S. The minimum atomic E-state index is -2.67. The highest BCUT2D eigenvalue weighted by molar-refractivity contribution is 8.14. The summed E-state index contributed by atoms with van der Waals surface area (Å²) in [6, 6.07) is 0. The topological polar surface area (TPSA) is 34.1 Å². The van der Waals surface area contributed by atoms with Crippen LogP contribution in [0.3, 0.4) is 0 Å². The Morgan fingerprint density at radius 3 is 2.00 bits per heavy atom. The van der Waals surface area contributed by atoms with Gasteiger partial charge in [0.1, 0.15) is 0 Å². The second kappa shape index (κ2) is 2.35. The average molecular weight is 120 g/mol. The molecule has 0 fully saturated rings. The van der Waals surface area contributed by atoms with Gasteiger partial charge >= 0.3 is 0 Å². The van der Waals surface area contributed by atoms with Gasteiger partial charge in [0.05, 0.1) is 9.69 Å². The van der Waals surface area contributed by atoms with Crippen molar-refractivity contribution in [3.05, 3.63) is 0 Å². The van der Waals surface area contributed by atoms with Gasteiger partial charge in [0.2, 0.25) is 0 Å². The third kappa shape index (κ3) is 6.01. The van der Waals surface area contributed by atoms with Gasteiger partial charge in [-0.25, -0.2) is 8.42 Å². The zero-order valence-corrected chi connectivity index (χ0v) is 5.46. The van der Waals surface area contributed by atoms with Crippen molar-refractivity contribution in [3.8, 4) is 0 Å². The van der Waals surface area contributed by atoms with Gasteiger partial charge in [-0.15, -0.1) is 0 Å². The normalized spacial score (nSPS) is 11.1. The minimum Gasteiger partial charge on any atom is -0.242 e. The quantitative estimate of drug-likeness (QED) is 0.473. The fourth-order valence-electron chi connectivity index (χ4n) is 0.371. The third-order valence-electron chi connectivity index (χ3n) is 0.575. The van der Waals surface area contributed by atoms with Gasteiger partial charge in [0.25, 0.3) is 6.56 Å². The molecule has 0 rings (SSSR count). The third-order valence-corrected chi connectivity index (χ3v) is 1.72. The smallest absolute Gasteiger partial charge is 0.242 e. The molecule has 0 aromatic rings. The van der Waals surface area contributed by atoms with E-state index in [2.05, 4.69) is 0 Å². The Kier molecular flexibility index (Phi) is 2.36. The molecule has 4 heteroatoms. The highest BCUT2D eigenvalue weighted by Crippen LogP contribution is 1.81. The Morgan fingerprint density at radius 1 is 1.57 bits per heavy atom. The van der Waals surface area contributed by atoms with E-state index in [0.29, 0.717) is 6.56 Å². The summed E-state index contributed by atoms with van der Waals surface area (Å²) in [7, 11) is -2.67. The fourth-order valence-corrected chi connectivity index (χ4v) is 1.11. The lowest BCUT2D eigenvalue weighted by molar-refractivity contribution is 0.614. The molecule has 0 N–H and O–H groups in total. The summed E-state index contributed by atoms with van der Waals surface area (Å²) in [5.41, 5.74) is 0. The second-order valence-corrected chi connectivity index (χ2v) is 3.89. The van der Waals surface area contributed by atoms with Crippen molar-refractivity contribution >= 4 is 16.2 Å². The SMILES string of the molecule is CCBS(C)(=O)=O. The van der Waals surface area contributed by atoms with Crippen LogP contribution in [0.4, 0.5) is 0 Å². The molecule has 0 unspecified atom stereocenters. The molecule has 0 atom stereocenters. The molecule has 2 nitrogen and oxygen atoms in total. The van der Waals surface area contributed by atoms with Crippen LogP contribution in [0.5, 0.6) is 0 Å². The molecule has 0 saturated heterocycles. The highest BCUT2D eigenvalue weighted by atomic mass is 32.2. The van der Waals surface area contributed by atoms with E-state index in [1.807, 2.05) is 6.92 Å². The van der Waals surface area contributed by atoms with Crippen LogP contribution in [-0.4, -0.2) is 21.2 Å². The summed E-state index contributed by atoms with van der Waals surface area (Å²) in [5, 5.41) is 0. The number of hydrogen-bond acceptors (Lipinski definition) is 2. The van der Waals surface area contributed by atoms with E-state index >= 15 is 0 Å². The first-order chi connectivity index (χ1) is 3.06. The predicted molar refractivity (Wildman–Crippen MR) is 32.5 cm³/mol. The minimum absolute atomic E-state index is 0.312. The Labute approximate surface area is 45.0 Å².